The van der Waals surface area contributed by atoms with E-state index in [0.29, 0.717) is 12.1 Å². The first-order chi connectivity index (χ1) is 10.6. The van der Waals surface area contributed by atoms with Gasteiger partial charge in [0.25, 0.3) is 5.91 Å². The molecule has 5 heteroatoms. The van der Waals surface area contributed by atoms with Gasteiger partial charge < -0.3 is 15.0 Å². The van der Waals surface area contributed by atoms with Gasteiger partial charge in [-0.1, -0.05) is 12.1 Å². The standard InChI is InChI=1S/C17H21N3O2/c1-20(2)10-9-18-17(21)14-7-8-16(19-12-14)13-5-4-6-15(11-13)22-3/h4-8,11-12H,9-10H2,1-3H3,(H,18,21). The van der Waals surface area contributed by atoms with Crippen LogP contribution in [0.3, 0.4) is 0 Å². The number of rotatable bonds is 6. The summed E-state index contributed by atoms with van der Waals surface area (Å²) in [5.74, 6) is 0.677. The van der Waals surface area contributed by atoms with Gasteiger partial charge in [-0.3, -0.25) is 9.78 Å². The number of ether oxygens (including phenoxy) is 1. The van der Waals surface area contributed by atoms with Crippen LogP contribution in [-0.4, -0.2) is 50.1 Å². The van der Waals surface area contributed by atoms with E-state index in [2.05, 4.69) is 10.3 Å². The van der Waals surface area contributed by atoms with Crippen LogP contribution in [-0.2, 0) is 0 Å². The summed E-state index contributed by atoms with van der Waals surface area (Å²) >= 11 is 0. The molecule has 0 bridgehead atoms. The number of carbonyl (C=O) groups is 1. The second kappa shape index (κ2) is 7.56. The van der Waals surface area contributed by atoms with Crippen molar-refractivity contribution < 1.29 is 9.53 Å². The lowest BCUT2D eigenvalue weighted by atomic mass is 10.1. The molecule has 0 aliphatic rings. The van der Waals surface area contributed by atoms with Crippen LogP contribution < -0.4 is 10.1 Å². The van der Waals surface area contributed by atoms with E-state index in [-0.39, 0.29) is 5.91 Å². The van der Waals surface area contributed by atoms with Crippen LogP contribution in [0.1, 0.15) is 10.4 Å². The summed E-state index contributed by atoms with van der Waals surface area (Å²) in [6.45, 7) is 1.42. The molecule has 1 N–H and O–H groups in total. The number of pyridine rings is 1. The summed E-state index contributed by atoms with van der Waals surface area (Å²) in [4.78, 5) is 18.4. The molecule has 0 atom stereocenters. The predicted octanol–water partition coefficient (Wildman–Crippen LogP) is 2.05. The second-order valence-corrected chi connectivity index (χ2v) is 5.22. The van der Waals surface area contributed by atoms with Gasteiger partial charge in [0.15, 0.2) is 0 Å². The van der Waals surface area contributed by atoms with Crippen molar-refractivity contribution in [1.82, 2.24) is 15.2 Å². The number of nitrogens with one attached hydrogen (secondary N) is 1. The second-order valence-electron chi connectivity index (χ2n) is 5.22. The summed E-state index contributed by atoms with van der Waals surface area (Å²) in [5, 5.41) is 2.87. The number of aromatic nitrogens is 1. The highest BCUT2D eigenvalue weighted by atomic mass is 16.5. The minimum atomic E-state index is -0.105. The highest BCUT2D eigenvalue weighted by Gasteiger charge is 2.07. The number of hydrogen-bond donors (Lipinski definition) is 1. The maximum absolute atomic E-state index is 12.0. The average molecular weight is 299 g/mol. The maximum Gasteiger partial charge on any atom is 0.252 e. The molecule has 0 saturated carbocycles. The van der Waals surface area contributed by atoms with Gasteiger partial charge in [-0.2, -0.15) is 0 Å². The topological polar surface area (TPSA) is 54.5 Å². The summed E-state index contributed by atoms with van der Waals surface area (Å²) < 4.78 is 5.21. The van der Waals surface area contributed by atoms with Crippen molar-refractivity contribution in [1.29, 1.82) is 0 Å². The van der Waals surface area contributed by atoms with E-state index in [1.807, 2.05) is 49.3 Å². The fourth-order valence-electron chi connectivity index (χ4n) is 1.98. The van der Waals surface area contributed by atoms with E-state index in [4.69, 9.17) is 4.74 Å². The molecule has 116 valence electrons. The van der Waals surface area contributed by atoms with Crippen LogP contribution in [0.15, 0.2) is 42.6 Å². The SMILES string of the molecule is COc1cccc(-c2ccc(C(=O)NCCN(C)C)cn2)c1. The molecule has 1 aromatic heterocycles. The van der Waals surface area contributed by atoms with Gasteiger partial charge in [-0.25, -0.2) is 0 Å². The van der Waals surface area contributed by atoms with Crippen LogP contribution in [0.25, 0.3) is 11.3 Å². The molecule has 1 aromatic carbocycles. The lowest BCUT2D eigenvalue weighted by Gasteiger charge is -2.10. The van der Waals surface area contributed by atoms with E-state index >= 15 is 0 Å². The number of benzene rings is 1. The molecule has 0 unspecified atom stereocenters. The molecule has 0 saturated heterocycles. The van der Waals surface area contributed by atoms with Gasteiger partial charge in [-0.15, -0.1) is 0 Å². The van der Waals surface area contributed by atoms with Crippen LogP contribution in [0.4, 0.5) is 0 Å². The normalized spacial score (nSPS) is 10.5. The van der Waals surface area contributed by atoms with Gasteiger partial charge >= 0.3 is 0 Å². The van der Waals surface area contributed by atoms with Crippen molar-refractivity contribution in [2.45, 2.75) is 0 Å². The zero-order valence-electron chi connectivity index (χ0n) is 13.2. The number of amides is 1. The smallest absolute Gasteiger partial charge is 0.252 e. The molecular weight excluding hydrogens is 278 g/mol. The summed E-state index contributed by atoms with van der Waals surface area (Å²) in [6.07, 6.45) is 1.60. The first-order valence-electron chi connectivity index (χ1n) is 7.13. The Kier molecular flexibility index (Phi) is 5.49. The first-order valence-corrected chi connectivity index (χ1v) is 7.13. The van der Waals surface area contributed by atoms with Gasteiger partial charge in [-0.05, 0) is 38.4 Å². The molecule has 2 aromatic rings. The van der Waals surface area contributed by atoms with Crippen LogP contribution >= 0.6 is 0 Å². The minimum absolute atomic E-state index is 0.105. The van der Waals surface area contributed by atoms with Crippen LogP contribution in [0.5, 0.6) is 5.75 Å². The summed E-state index contributed by atoms with van der Waals surface area (Å²) in [6, 6.07) is 11.3. The quantitative estimate of drug-likeness (QED) is 0.887. The van der Waals surface area contributed by atoms with Crippen molar-refractivity contribution in [3.8, 4) is 17.0 Å². The van der Waals surface area contributed by atoms with Crippen LogP contribution in [0, 0.1) is 0 Å². The van der Waals surface area contributed by atoms with E-state index in [1.54, 1.807) is 19.4 Å². The van der Waals surface area contributed by atoms with Crippen molar-refractivity contribution >= 4 is 5.91 Å². The molecule has 1 amide bonds. The first kappa shape index (κ1) is 16.0. The van der Waals surface area contributed by atoms with Crippen molar-refractivity contribution in [3.63, 3.8) is 0 Å². The fraction of sp³-hybridized carbons (Fsp3) is 0.294. The average Bonchev–Trinajstić information content (AvgIpc) is 2.54. The highest BCUT2D eigenvalue weighted by molar-refractivity contribution is 5.94. The molecule has 0 fully saturated rings. The number of carbonyl (C=O) groups excluding carboxylic acids is 1. The Morgan fingerprint density at radius 3 is 2.73 bits per heavy atom. The molecular formula is C17H21N3O2. The van der Waals surface area contributed by atoms with E-state index < -0.39 is 0 Å². The third kappa shape index (κ3) is 4.30. The number of methoxy groups -OCH3 is 1. The molecule has 1 heterocycles. The van der Waals surface area contributed by atoms with Crippen molar-refractivity contribution in [3.05, 3.63) is 48.2 Å². The zero-order valence-corrected chi connectivity index (χ0v) is 13.2. The highest BCUT2D eigenvalue weighted by Crippen LogP contribution is 2.22. The Morgan fingerprint density at radius 1 is 1.27 bits per heavy atom. The lowest BCUT2D eigenvalue weighted by Crippen LogP contribution is -2.31. The molecule has 0 radical (unpaired) electrons. The van der Waals surface area contributed by atoms with E-state index in [9.17, 15) is 4.79 Å². The lowest BCUT2D eigenvalue weighted by molar-refractivity contribution is 0.0950. The zero-order chi connectivity index (χ0) is 15.9. The third-order valence-corrected chi connectivity index (χ3v) is 3.24. The number of nitrogens with zero attached hydrogens (tertiary/aromatic N) is 2. The summed E-state index contributed by atoms with van der Waals surface area (Å²) in [7, 11) is 5.57. The third-order valence-electron chi connectivity index (χ3n) is 3.24. The molecule has 0 aliphatic carbocycles. The Hall–Kier alpha value is -2.40. The molecule has 5 nitrogen and oxygen atoms in total. The minimum Gasteiger partial charge on any atom is -0.497 e. The summed E-state index contributed by atoms with van der Waals surface area (Å²) in [5.41, 5.74) is 2.33. The number of hydrogen-bond acceptors (Lipinski definition) is 4. The van der Waals surface area contributed by atoms with E-state index in [0.717, 1.165) is 23.6 Å². The van der Waals surface area contributed by atoms with Gasteiger partial charge in [0.1, 0.15) is 5.75 Å². The molecule has 0 spiro atoms. The van der Waals surface area contributed by atoms with E-state index in [1.165, 1.54) is 0 Å². The maximum atomic E-state index is 12.0. The van der Waals surface area contributed by atoms with Gasteiger partial charge in [0.2, 0.25) is 0 Å². The molecule has 2 rings (SSSR count). The predicted molar refractivity (Wildman–Crippen MR) is 87.1 cm³/mol. The largest absolute Gasteiger partial charge is 0.497 e. The number of likely N-dealkylation sites (N-methyl/N-ethyl adjacent to an activating group) is 1. The van der Waals surface area contributed by atoms with Crippen LogP contribution in [0.2, 0.25) is 0 Å². The Balaban J connectivity index is 2.04. The Labute approximate surface area is 130 Å². The molecule has 0 aliphatic heterocycles. The van der Waals surface area contributed by atoms with Crippen molar-refractivity contribution in [2.24, 2.45) is 0 Å². The van der Waals surface area contributed by atoms with Crippen molar-refractivity contribution in [2.75, 3.05) is 34.3 Å². The Morgan fingerprint density at radius 2 is 2.09 bits per heavy atom. The molecule has 22 heavy (non-hydrogen) atoms. The van der Waals surface area contributed by atoms with Gasteiger partial charge in [0, 0.05) is 24.8 Å². The van der Waals surface area contributed by atoms with Gasteiger partial charge in [0.05, 0.1) is 18.4 Å². The Bertz CT molecular complexity index is 624. The fourth-order valence-corrected chi connectivity index (χ4v) is 1.98. The monoisotopic (exact) mass is 299 g/mol.